The third-order valence-electron chi connectivity index (χ3n) is 12.9. The van der Waals surface area contributed by atoms with E-state index in [-0.39, 0.29) is 72.3 Å². The Morgan fingerprint density at radius 3 is 1.43 bits per heavy atom. The molecule has 0 spiro atoms. The van der Waals surface area contributed by atoms with E-state index >= 15 is 0 Å². The van der Waals surface area contributed by atoms with Crippen LogP contribution in [-0.4, -0.2) is 105 Å². The zero-order valence-electron chi connectivity index (χ0n) is 44.3. The van der Waals surface area contributed by atoms with Gasteiger partial charge in [0, 0.05) is 32.9 Å². The van der Waals surface area contributed by atoms with Crippen LogP contribution in [0.15, 0.2) is 184 Å². The van der Waals surface area contributed by atoms with Gasteiger partial charge in [-0.25, -0.2) is 0 Å². The van der Waals surface area contributed by atoms with Crippen LogP contribution < -0.4 is 21.3 Å². The SMILES string of the molecule is O=S(=O)(O)c1cc(Nc2nc(Cl)nc(Nc3ccc(Nc4nc(Cl)nc(Nc5cc(S(=O)(=O)O)cc6cc(S(=O)(=O)O)c(N=Nc7ccc8ccccc8c7S(=O)(=O)O)c(O)c56)n4)cc3)n2)c2c(O)c(N=Nc3ccc4c(S(=O)(=O)O)cccc4c3)ccc2c1. The summed E-state index contributed by atoms with van der Waals surface area (Å²) in [6.45, 7) is 0. The van der Waals surface area contributed by atoms with Crippen LogP contribution in [0.4, 0.5) is 69.3 Å². The first-order valence-corrected chi connectivity index (χ1v) is 32.7. The summed E-state index contributed by atoms with van der Waals surface area (Å²) in [6, 6.07) is 30.0. The molecule has 38 heteroatoms. The molecule has 31 nitrogen and oxygen atoms in total. The number of nitrogens with zero attached hydrogens (tertiary/aromatic N) is 10. The third-order valence-corrected chi connectivity index (χ3v) is 17.6. The Labute approximate surface area is 515 Å². The topological polar surface area (TPSA) is 487 Å². The fraction of sp³-hybridized carbons (Fsp3) is 0. The largest absolute Gasteiger partial charge is 0.505 e. The number of halogens is 2. The lowest BCUT2D eigenvalue weighted by atomic mass is 10.1. The number of nitrogens with one attached hydrogen (secondary N) is 4. The first kappa shape index (κ1) is 61.8. The molecule has 9 aromatic carbocycles. The fourth-order valence-electron chi connectivity index (χ4n) is 9.12. The molecule has 2 aromatic heterocycles. The Morgan fingerprint density at radius 1 is 0.378 bits per heavy atom. The van der Waals surface area contributed by atoms with Crippen LogP contribution in [0.3, 0.4) is 0 Å². The van der Waals surface area contributed by atoms with Crippen molar-refractivity contribution in [3.8, 4) is 11.5 Å². The molecule has 0 unspecified atom stereocenters. The number of fused-ring (bicyclic) bond motifs is 4. The number of rotatable bonds is 17. The second-order valence-corrected chi connectivity index (χ2v) is 26.5. The van der Waals surface area contributed by atoms with Gasteiger partial charge in [0.2, 0.25) is 34.4 Å². The molecule has 0 aliphatic rings. The molecule has 0 saturated carbocycles. The second-order valence-electron chi connectivity index (χ2n) is 18.8. The van der Waals surface area contributed by atoms with Gasteiger partial charge in [-0.2, -0.15) is 77.1 Å². The van der Waals surface area contributed by atoms with E-state index < -0.39 is 121 Å². The molecule has 0 fully saturated rings. The summed E-state index contributed by atoms with van der Waals surface area (Å²) in [5, 5.41) is 49.7. The molecule has 0 aliphatic carbocycles. The quantitative estimate of drug-likeness (QED) is 0.0298. The molecular formula is C52H34Cl2N14O17S5. The van der Waals surface area contributed by atoms with Crippen molar-refractivity contribution in [1.29, 1.82) is 0 Å². The summed E-state index contributed by atoms with van der Waals surface area (Å²) >= 11 is 12.6. The number of phenols is 2. The highest BCUT2D eigenvalue weighted by Crippen LogP contribution is 2.47. The van der Waals surface area contributed by atoms with Gasteiger partial charge in [0.15, 0.2) is 11.5 Å². The van der Waals surface area contributed by atoms with Crippen molar-refractivity contribution >= 4 is 186 Å². The van der Waals surface area contributed by atoms with Gasteiger partial charge < -0.3 is 31.5 Å². The van der Waals surface area contributed by atoms with E-state index in [9.17, 15) is 75.1 Å². The van der Waals surface area contributed by atoms with Crippen LogP contribution in [0.25, 0.3) is 43.1 Å². The summed E-state index contributed by atoms with van der Waals surface area (Å²) in [7, 11) is -25.0. The maximum absolute atomic E-state index is 12.8. The van der Waals surface area contributed by atoms with Gasteiger partial charge in [-0.3, -0.25) is 22.8 Å². The lowest BCUT2D eigenvalue weighted by molar-refractivity contribution is 0.472. The predicted molar refractivity (Wildman–Crippen MR) is 326 cm³/mol. The molecule has 11 aromatic rings. The standard InChI is InChI=1S/C52H34Cl2N14O17S5/c53-47-59-49(63-51(61-47)57-37-22-31(86(71,72)73)19-26-9-16-35(44(69)41(26)37)66-65-30-14-15-33-25(18-30)5-3-7-39(33)88(77,78)79)55-28-10-12-29(13-11-28)56-50-60-48(54)62-52(64-50)58-38-23-32(87(74,75)76)20-27-21-40(89(80,81)82)43(45(70)42(27)38)68-67-36-17-8-24-4-1-2-6-34(24)46(36)90(83,84)85/h1-23,69-70H,(H,71,72,73)(H,74,75,76)(H,77,78,79)(H,80,81,82)(H,83,84,85)(H2,55,57,59,61,63)(H2,56,58,60,62,64). The van der Waals surface area contributed by atoms with Crippen LogP contribution >= 0.6 is 23.2 Å². The van der Waals surface area contributed by atoms with E-state index in [0.29, 0.717) is 22.5 Å². The average molecular weight is 1360 g/mol. The van der Waals surface area contributed by atoms with Crippen molar-refractivity contribution in [2.75, 3.05) is 21.3 Å². The summed E-state index contributed by atoms with van der Waals surface area (Å²) in [4.78, 5) is 21.1. The van der Waals surface area contributed by atoms with Crippen LogP contribution in [0, 0.1) is 0 Å². The Morgan fingerprint density at radius 2 is 0.878 bits per heavy atom. The van der Waals surface area contributed by atoms with Crippen molar-refractivity contribution in [3.63, 3.8) is 0 Å². The smallest absolute Gasteiger partial charge is 0.297 e. The minimum Gasteiger partial charge on any atom is -0.505 e. The highest BCUT2D eigenvalue weighted by atomic mass is 35.5. The molecule has 458 valence electrons. The van der Waals surface area contributed by atoms with Crippen molar-refractivity contribution < 1.29 is 75.1 Å². The maximum atomic E-state index is 12.8. The monoisotopic (exact) mass is 1360 g/mol. The van der Waals surface area contributed by atoms with Gasteiger partial charge in [0.1, 0.15) is 31.7 Å². The van der Waals surface area contributed by atoms with Crippen molar-refractivity contribution in [1.82, 2.24) is 29.9 Å². The zero-order valence-corrected chi connectivity index (χ0v) is 49.9. The van der Waals surface area contributed by atoms with E-state index in [1.54, 1.807) is 12.1 Å². The van der Waals surface area contributed by atoms with Crippen molar-refractivity contribution in [2.24, 2.45) is 20.5 Å². The lowest BCUT2D eigenvalue weighted by Gasteiger charge is -2.15. The number of anilines is 8. The van der Waals surface area contributed by atoms with Crippen LogP contribution in [0.1, 0.15) is 0 Å². The first-order valence-electron chi connectivity index (χ1n) is 24.7. The average Bonchev–Trinajstić information content (AvgIpc) is 0.767. The fourth-order valence-corrected chi connectivity index (χ4v) is 12.7. The summed E-state index contributed by atoms with van der Waals surface area (Å²) in [5.41, 5.74) is -1.48. The van der Waals surface area contributed by atoms with Crippen molar-refractivity contribution in [3.05, 3.63) is 150 Å². The zero-order chi connectivity index (χ0) is 64.4. The Balaban J connectivity index is 0.858. The first-order chi connectivity index (χ1) is 42.3. The summed E-state index contributed by atoms with van der Waals surface area (Å²) in [5.74, 6) is -2.84. The normalized spacial score (nSPS) is 12.6. The van der Waals surface area contributed by atoms with Gasteiger partial charge in [-0.15, -0.1) is 15.3 Å². The predicted octanol–water partition coefficient (Wildman–Crippen LogP) is 11.4. The van der Waals surface area contributed by atoms with E-state index in [1.165, 1.54) is 91.0 Å². The van der Waals surface area contributed by atoms with Gasteiger partial charge in [0.25, 0.3) is 50.6 Å². The molecule has 0 aliphatic heterocycles. The summed E-state index contributed by atoms with van der Waals surface area (Å²) < 4.78 is 175. The minimum absolute atomic E-state index is 0.0113. The highest BCUT2D eigenvalue weighted by molar-refractivity contribution is 7.87. The van der Waals surface area contributed by atoms with Crippen LogP contribution in [-0.2, 0) is 50.6 Å². The van der Waals surface area contributed by atoms with Crippen LogP contribution in [0.5, 0.6) is 11.5 Å². The number of benzene rings is 9. The minimum atomic E-state index is -5.39. The number of hydrogen-bond donors (Lipinski definition) is 11. The Hall–Kier alpha value is -9.83. The molecule has 90 heavy (non-hydrogen) atoms. The molecule has 0 atom stereocenters. The van der Waals surface area contributed by atoms with E-state index in [4.69, 9.17) is 23.2 Å². The molecular weight excluding hydrogens is 1320 g/mol. The number of azo groups is 2. The highest BCUT2D eigenvalue weighted by Gasteiger charge is 2.28. The maximum Gasteiger partial charge on any atom is 0.297 e. The van der Waals surface area contributed by atoms with E-state index in [2.05, 4.69) is 71.6 Å². The molecule has 2 heterocycles. The molecule has 0 radical (unpaired) electrons. The van der Waals surface area contributed by atoms with Gasteiger partial charge in [0.05, 0.1) is 26.9 Å². The van der Waals surface area contributed by atoms with Gasteiger partial charge in [-0.1, -0.05) is 54.6 Å². The Bertz CT molecular complexity index is 5550. The molecule has 0 bridgehead atoms. The van der Waals surface area contributed by atoms with Crippen molar-refractivity contribution in [2.45, 2.75) is 24.5 Å². The molecule has 11 N–H and O–H groups in total. The summed E-state index contributed by atoms with van der Waals surface area (Å²) in [6.07, 6.45) is 0. The Kier molecular flexibility index (Phi) is 16.0. The third kappa shape index (κ3) is 13.1. The number of hydrogen-bond acceptors (Lipinski definition) is 26. The second kappa shape index (κ2) is 23.3. The molecule has 0 saturated heterocycles. The van der Waals surface area contributed by atoms with Crippen LogP contribution in [0.2, 0.25) is 10.6 Å². The number of phenolic OH excluding ortho intramolecular Hbond substituents is 2. The number of aromatic nitrogens is 6. The van der Waals surface area contributed by atoms with E-state index in [1.807, 2.05) is 0 Å². The van der Waals surface area contributed by atoms with Gasteiger partial charge in [-0.05, 0) is 130 Å². The van der Waals surface area contributed by atoms with E-state index in [0.717, 1.165) is 30.3 Å². The van der Waals surface area contributed by atoms with Gasteiger partial charge >= 0.3 is 0 Å². The number of aromatic hydroxyl groups is 2. The lowest BCUT2D eigenvalue weighted by Crippen LogP contribution is -2.06. The molecule has 11 rings (SSSR count). The molecule has 0 amide bonds.